The van der Waals surface area contributed by atoms with Crippen molar-refractivity contribution in [1.29, 1.82) is 0 Å². The average molecular weight is 397 g/mol. The number of hydrogen-bond donors (Lipinski definition) is 0. The molecule has 0 saturated carbocycles. The molecule has 0 unspecified atom stereocenters. The maximum absolute atomic E-state index is 12.9. The molecule has 0 aliphatic carbocycles. The molecule has 144 valence electrons. The number of carbonyl (C=O) groups excluding carboxylic acids is 1. The fraction of sp³-hybridized carbons (Fsp3) is 0.350. The summed E-state index contributed by atoms with van der Waals surface area (Å²) in [5.41, 5.74) is 0.868. The molecule has 0 N–H and O–H groups in total. The molecule has 2 aliphatic heterocycles. The molecular formula is C20H19N3O4S. The van der Waals surface area contributed by atoms with E-state index in [0.717, 1.165) is 10.4 Å². The first kappa shape index (κ1) is 17.5. The highest BCUT2D eigenvalue weighted by molar-refractivity contribution is 7.17. The zero-order chi connectivity index (χ0) is 19.0. The number of rotatable bonds is 3. The number of amides is 1. The van der Waals surface area contributed by atoms with Crippen molar-refractivity contribution < 1.29 is 18.8 Å². The minimum absolute atomic E-state index is 0.0240. The second-order valence-corrected chi connectivity index (χ2v) is 7.94. The summed E-state index contributed by atoms with van der Waals surface area (Å²) in [5.74, 6) is 0.509. The lowest BCUT2D eigenvalue weighted by Crippen LogP contribution is -2.47. The van der Waals surface area contributed by atoms with Crippen LogP contribution in [-0.4, -0.2) is 53.0 Å². The van der Waals surface area contributed by atoms with Crippen LogP contribution in [0.3, 0.4) is 0 Å². The molecule has 2 aliphatic rings. The summed E-state index contributed by atoms with van der Waals surface area (Å²) in [7, 11) is 0. The Bertz CT molecular complexity index is 968. The Morgan fingerprint density at radius 3 is 2.54 bits per heavy atom. The number of ether oxygens (including phenoxy) is 2. The Labute approximate surface area is 165 Å². The Kier molecular flexibility index (Phi) is 4.46. The van der Waals surface area contributed by atoms with E-state index >= 15 is 0 Å². The van der Waals surface area contributed by atoms with Gasteiger partial charge in [-0.3, -0.25) is 4.79 Å². The van der Waals surface area contributed by atoms with E-state index < -0.39 is 5.79 Å². The molecule has 1 aromatic carbocycles. The lowest BCUT2D eigenvalue weighted by Gasteiger charge is -2.37. The van der Waals surface area contributed by atoms with Crippen LogP contribution >= 0.6 is 11.3 Å². The van der Waals surface area contributed by atoms with Crippen LogP contribution in [0, 0.1) is 0 Å². The normalized spacial score (nSPS) is 18.6. The van der Waals surface area contributed by atoms with Crippen LogP contribution in [0.4, 0.5) is 0 Å². The highest BCUT2D eigenvalue weighted by atomic mass is 32.1. The van der Waals surface area contributed by atoms with Crippen molar-refractivity contribution in [1.82, 2.24) is 15.0 Å². The third-order valence-corrected chi connectivity index (χ3v) is 6.18. The third kappa shape index (κ3) is 3.23. The maximum Gasteiger partial charge on any atom is 0.263 e. The summed E-state index contributed by atoms with van der Waals surface area (Å²) in [6.07, 6.45) is 1.42. The smallest absolute Gasteiger partial charge is 0.263 e. The Hall–Kier alpha value is -2.55. The van der Waals surface area contributed by atoms with Crippen LogP contribution in [0.5, 0.6) is 0 Å². The first-order valence-electron chi connectivity index (χ1n) is 9.29. The lowest BCUT2D eigenvalue weighted by atomic mass is 10.0. The lowest BCUT2D eigenvalue weighted by molar-refractivity contribution is -0.181. The van der Waals surface area contributed by atoms with Crippen LogP contribution < -0.4 is 0 Å². The van der Waals surface area contributed by atoms with E-state index in [1.54, 1.807) is 0 Å². The van der Waals surface area contributed by atoms with Gasteiger partial charge >= 0.3 is 0 Å². The zero-order valence-electron chi connectivity index (χ0n) is 15.2. The van der Waals surface area contributed by atoms with Crippen LogP contribution in [0.15, 0.2) is 47.0 Å². The van der Waals surface area contributed by atoms with Gasteiger partial charge in [0.2, 0.25) is 5.82 Å². The van der Waals surface area contributed by atoms with Crippen molar-refractivity contribution in [2.24, 2.45) is 0 Å². The quantitative estimate of drug-likeness (QED) is 0.674. The Morgan fingerprint density at radius 1 is 1.04 bits per heavy atom. The van der Waals surface area contributed by atoms with Crippen molar-refractivity contribution >= 4 is 17.2 Å². The number of benzene rings is 1. The average Bonchev–Trinajstić information content (AvgIpc) is 3.49. The van der Waals surface area contributed by atoms with Crippen LogP contribution in [0.2, 0.25) is 0 Å². The predicted octanol–water partition coefficient (Wildman–Crippen LogP) is 3.44. The Morgan fingerprint density at radius 2 is 1.79 bits per heavy atom. The van der Waals surface area contributed by atoms with Crippen LogP contribution in [-0.2, 0) is 9.47 Å². The van der Waals surface area contributed by atoms with E-state index in [0.29, 0.717) is 55.7 Å². The number of nitrogens with zero attached hydrogens (tertiary/aromatic N) is 3. The first-order chi connectivity index (χ1) is 13.7. The van der Waals surface area contributed by atoms with E-state index in [9.17, 15) is 4.79 Å². The summed E-state index contributed by atoms with van der Waals surface area (Å²) < 4.78 is 16.8. The van der Waals surface area contributed by atoms with E-state index in [1.165, 1.54) is 11.3 Å². The summed E-state index contributed by atoms with van der Waals surface area (Å²) >= 11 is 1.38. The number of aromatic nitrogens is 2. The van der Waals surface area contributed by atoms with E-state index in [2.05, 4.69) is 10.1 Å². The molecule has 0 atom stereocenters. The van der Waals surface area contributed by atoms with Gasteiger partial charge in [-0.25, -0.2) is 0 Å². The van der Waals surface area contributed by atoms with E-state index in [-0.39, 0.29) is 5.91 Å². The van der Waals surface area contributed by atoms with Gasteiger partial charge in [0, 0.05) is 31.5 Å². The van der Waals surface area contributed by atoms with Gasteiger partial charge in [0.1, 0.15) is 0 Å². The largest absolute Gasteiger partial charge is 0.347 e. The number of piperidine rings is 1. The molecule has 28 heavy (non-hydrogen) atoms. The molecule has 4 heterocycles. The molecule has 5 rings (SSSR count). The summed E-state index contributed by atoms with van der Waals surface area (Å²) in [5, 5.41) is 4.06. The Balaban J connectivity index is 1.29. The van der Waals surface area contributed by atoms with Crippen molar-refractivity contribution in [3.05, 3.63) is 47.3 Å². The molecule has 2 fully saturated rings. The van der Waals surface area contributed by atoms with Gasteiger partial charge in [-0.05, 0) is 24.3 Å². The molecule has 7 nitrogen and oxygen atoms in total. The standard InChI is InChI=1S/C20H19N3O4S/c24-19(23-10-8-20(9-11-23)25-12-13-26-20)16-7-6-15(28-16)17-21-18(27-22-17)14-4-2-1-3-5-14/h1-7H,8-13H2. The highest BCUT2D eigenvalue weighted by Gasteiger charge is 2.41. The molecular weight excluding hydrogens is 378 g/mol. The van der Waals surface area contributed by atoms with Crippen molar-refractivity contribution in [2.75, 3.05) is 26.3 Å². The number of thiophene rings is 1. The maximum atomic E-state index is 12.9. The number of carbonyl (C=O) groups is 1. The molecule has 1 amide bonds. The van der Waals surface area contributed by atoms with E-state index in [1.807, 2.05) is 47.4 Å². The third-order valence-electron chi connectivity index (χ3n) is 5.11. The molecule has 0 radical (unpaired) electrons. The molecule has 2 aromatic heterocycles. The summed E-state index contributed by atoms with van der Waals surface area (Å²) in [6, 6.07) is 13.3. The van der Waals surface area contributed by atoms with Crippen LogP contribution in [0.25, 0.3) is 22.2 Å². The fourth-order valence-electron chi connectivity index (χ4n) is 3.59. The minimum atomic E-state index is -0.476. The molecule has 2 saturated heterocycles. The SMILES string of the molecule is O=C(c1ccc(-c2noc(-c3ccccc3)n2)s1)N1CCC2(CC1)OCCO2. The van der Waals surface area contributed by atoms with Crippen LogP contribution in [0.1, 0.15) is 22.5 Å². The van der Waals surface area contributed by atoms with Gasteiger partial charge in [0.05, 0.1) is 23.0 Å². The number of likely N-dealkylation sites (tertiary alicyclic amines) is 1. The van der Waals surface area contributed by atoms with Crippen molar-refractivity contribution in [3.63, 3.8) is 0 Å². The fourth-order valence-corrected chi connectivity index (χ4v) is 4.49. The minimum Gasteiger partial charge on any atom is -0.347 e. The first-order valence-corrected chi connectivity index (χ1v) is 10.1. The van der Waals surface area contributed by atoms with Gasteiger partial charge < -0.3 is 18.9 Å². The second kappa shape index (κ2) is 7.12. The zero-order valence-corrected chi connectivity index (χ0v) is 16.0. The van der Waals surface area contributed by atoms with Gasteiger partial charge in [0.15, 0.2) is 5.79 Å². The number of hydrogen-bond acceptors (Lipinski definition) is 7. The van der Waals surface area contributed by atoms with Gasteiger partial charge in [-0.15, -0.1) is 11.3 Å². The van der Waals surface area contributed by atoms with E-state index in [4.69, 9.17) is 14.0 Å². The molecule has 3 aromatic rings. The van der Waals surface area contributed by atoms with Gasteiger partial charge in [0.25, 0.3) is 11.8 Å². The molecule has 1 spiro atoms. The van der Waals surface area contributed by atoms with Crippen molar-refractivity contribution in [3.8, 4) is 22.2 Å². The molecule has 8 heteroatoms. The van der Waals surface area contributed by atoms with Crippen molar-refractivity contribution in [2.45, 2.75) is 18.6 Å². The topological polar surface area (TPSA) is 77.7 Å². The van der Waals surface area contributed by atoms with Gasteiger partial charge in [-0.2, -0.15) is 4.98 Å². The second-order valence-electron chi connectivity index (χ2n) is 6.85. The summed E-state index contributed by atoms with van der Waals surface area (Å²) in [4.78, 5) is 20.7. The predicted molar refractivity (Wildman–Crippen MR) is 103 cm³/mol. The monoisotopic (exact) mass is 397 g/mol. The van der Waals surface area contributed by atoms with Gasteiger partial charge in [-0.1, -0.05) is 23.4 Å². The summed E-state index contributed by atoms with van der Waals surface area (Å²) in [6.45, 7) is 2.54. The highest BCUT2D eigenvalue weighted by Crippen LogP contribution is 2.33. The molecule has 0 bridgehead atoms.